The number of anilines is 1. The Bertz CT molecular complexity index is 1020. The number of amides is 1. The van der Waals surface area contributed by atoms with Crippen molar-refractivity contribution in [1.82, 2.24) is 4.90 Å². The smallest absolute Gasteiger partial charge is 0.256 e. The third-order valence-electron chi connectivity index (χ3n) is 4.77. The summed E-state index contributed by atoms with van der Waals surface area (Å²) in [5.74, 6) is -0.0220. The van der Waals surface area contributed by atoms with Crippen LogP contribution in [0.3, 0.4) is 0 Å². The van der Waals surface area contributed by atoms with Crippen LogP contribution in [0, 0.1) is 6.92 Å². The Morgan fingerprint density at radius 3 is 2.48 bits per heavy atom. The maximum Gasteiger partial charge on any atom is 0.256 e. The van der Waals surface area contributed by atoms with Crippen molar-refractivity contribution in [2.75, 3.05) is 5.32 Å². The van der Waals surface area contributed by atoms with Gasteiger partial charge < -0.3 is 10.2 Å². The summed E-state index contributed by atoms with van der Waals surface area (Å²) in [7, 11) is 0. The third kappa shape index (κ3) is 3.41. The van der Waals surface area contributed by atoms with Gasteiger partial charge in [-0.15, -0.1) is 0 Å². The van der Waals surface area contributed by atoms with Crippen LogP contribution in [0.4, 0.5) is 5.69 Å². The van der Waals surface area contributed by atoms with Gasteiger partial charge in [-0.2, -0.15) is 0 Å². The molecule has 1 amide bonds. The number of nitrogens with zero attached hydrogens (tertiary/aromatic N) is 1. The molecule has 0 saturated heterocycles. The quantitative estimate of drug-likeness (QED) is 0.580. The van der Waals surface area contributed by atoms with E-state index in [4.69, 9.17) is 23.2 Å². The first kappa shape index (κ1) is 17.9. The molecule has 4 rings (SSSR count). The van der Waals surface area contributed by atoms with Crippen LogP contribution < -0.4 is 5.32 Å². The number of carbonyl (C=O) groups is 1. The zero-order chi connectivity index (χ0) is 19.0. The number of fused-ring (bicyclic) bond motifs is 1. The van der Waals surface area contributed by atoms with E-state index in [0.29, 0.717) is 22.2 Å². The fraction of sp³-hybridized carbons (Fsp3) is 0.136. The molecule has 0 spiro atoms. The van der Waals surface area contributed by atoms with Crippen molar-refractivity contribution in [3.63, 3.8) is 0 Å². The van der Waals surface area contributed by atoms with Crippen LogP contribution in [-0.2, 0) is 6.54 Å². The first-order chi connectivity index (χ1) is 13.0. The van der Waals surface area contributed by atoms with E-state index in [2.05, 4.69) is 5.32 Å². The molecule has 136 valence electrons. The molecule has 5 heteroatoms. The topological polar surface area (TPSA) is 32.3 Å². The minimum Gasteiger partial charge on any atom is -0.360 e. The number of carbonyl (C=O) groups excluding carboxylic acids is 1. The third-order valence-corrected chi connectivity index (χ3v) is 5.46. The number of hydrogen-bond donors (Lipinski definition) is 1. The van der Waals surface area contributed by atoms with Crippen molar-refractivity contribution >= 4 is 34.8 Å². The lowest BCUT2D eigenvalue weighted by Crippen LogP contribution is -2.32. The normalized spacial score (nSPS) is 15.7. The highest BCUT2D eigenvalue weighted by atomic mass is 35.5. The van der Waals surface area contributed by atoms with Crippen LogP contribution in [-0.4, -0.2) is 10.8 Å². The molecular weight excluding hydrogens is 379 g/mol. The number of rotatable bonds is 4. The summed E-state index contributed by atoms with van der Waals surface area (Å²) in [5, 5.41) is 4.72. The second-order valence-corrected chi connectivity index (χ2v) is 7.46. The van der Waals surface area contributed by atoms with Gasteiger partial charge in [-0.1, -0.05) is 65.7 Å². The van der Waals surface area contributed by atoms with Gasteiger partial charge in [-0.05, 0) is 42.3 Å². The zero-order valence-corrected chi connectivity index (χ0v) is 16.3. The largest absolute Gasteiger partial charge is 0.360 e. The van der Waals surface area contributed by atoms with Crippen molar-refractivity contribution in [2.45, 2.75) is 19.6 Å². The molecule has 0 unspecified atom stereocenters. The molecule has 0 fully saturated rings. The molecule has 1 aliphatic rings. The van der Waals surface area contributed by atoms with Gasteiger partial charge in [0.25, 0.3) is 5.91 Å². The lowest BCUT2D eigenvalue weighted by Gasteiger charge is -2.28. The summed E-state index contributed by atoms with van der Waals surface area (Å²) in [6, 6.07) is 21.1. The second kappa shape index (κ2) is 7.26. The fourth-order valence-electron chi connectivity index (χ4n) is 3.38. The SMILES string of the molecule is Cc1ccc(N[C@H]2c3ccccc3C(=O)N2Cc2ccccc2Cl)c(Cl)c1. The predicted octanol–water partition coefficient (Wildman–Crippen LogP) is 6.07. The van der Waals surface area contributed by atoms with E-state index < -0.39 is 0 Å². The molecule has 3 aromatic carbocycles. The predicted molar refractivity (Wildman–Crippen MR) is 110 cm³/mol. The molecule has 1 atom stereocenters. The highest BCUT2D eigenvalue weighted by molar-refractivity contribution is 6.33. The molecule has 1 N–H and O–H groups in total. The van der Waals surface area contributed by atoms with Crippen molar-refractivity contribution in [3.8, 4) is 0 Å². The average Bonchev–Trinajstić information content (AvgIpc) is 2.92. The minimum atomic E-state index is -0.315. The number of hydrogen-bond acceptors (Lipinski definition) is 2. The van der Waals surface area contributed by atoms with E-state index >= 15 is 0 Å². The Labute approximate surface area is 168 Å². The Balaban J connectivity index is 1.72. The van der Waals surface area contributed by atoms with Gasteiger partial charge in [0.05, 0.1) is 10.7 Å². The maximum atomic E-state index is 13.1. The Kier molecular flexibility index (Phi) is 4.81. The van der Waals surface area contributed by atoms with Crippen molar-refractivity contribution in [3.05, 3.63) is 99.0 Å². The average molecular weight is 397 g/mol. The van der Waals surface area contributed by atoms with Gasteiger partial charge in [-0.25, -0.2) is 0 Å². The lowest BCUT2D eigenvalue weighted by atomic mass is 10.1. The highest BCUT2D eigenvalue weighted by Crippen LogP contribution is 2.37. The van der Waals surface area contributed by atoms with Crippen LogP contribution >= 0.6 is 23.2 Å². The first-order valence-electron chi connectivity index (χ1n) is 8.70. The van der Waals surface area contributed by atoms with Gasteiger partial charge in [0.2, 0.25) is 0 Å². The molecule has 0 aromatic heterocycles. The molecule has 0 radical (unpaired) electrons. The lowest BCUT2D eigenvalue weighted by molar-refractivity contribution is 0.0729. The summed E-state index contributed by atoms with van der Waals surface area (Å²) in [4.78, 5) is 14.9. The number of halogens is 2. The van der Waals surface area contributed by atoms with E-state index in [-0.39, 0.29) is 12.1 Å². The number of benzene rings is 3. The van der Waals surface area contributed by atoms with E-state index in [1.807, 2.05) is 73.7 Å². The Hall–Kier alpha value is -2.49. The van der Waals surface area contributed by atoms with Crippen LogP contribution in [0.2, 0.25) is 10.0 Å². The second-order valence-electron chi connectivity index (χ2n) is 6.64. The van der Waals surface area contributed by atoms with Gasteiger partial charge in [-0.3, -0.25) is 4.79 Å². The molecule has 0 bridgehead atoms. The summed E-state index contributed by atoms with van der Waals surface area (Å²) in [5.41, 5.74) is 4.42. The van der Waals surface area contributed by atoms with Crippen LogP contribution in [0.1, 0.15) is 33.2 Å². The number of nitrogens with one attached hydrogen (secondary N) is 1. The van der Waals surface area contributed by atoms with E-state index in [0.717, 1.165) is 22.4 Å². The minimum absolute atomic E-state index is 0.0220. The molecule has 1 heterocycles. The molecular formula is C22H18Cl2N2O. The standard InChI is InChI=1S/C22H18Cl2N2O/c1-14-10-11-20(19(24)12-14)25-21-16-7-3-4-8-17(16)22(27)26(21)13-15-6-2-5-9-18(15)23/h2-12,21,25H,13H2,1H3/t21-/m1/s1. The van der Waals surface area contributed by atoms with Crippen LogP contribution in [0.5, 0.6) is 0 Å². The van der Waals surface area contributed by atoms with Crippen LogP contribution in [0.15, 0.2) is 66.7 Å². The summed E-state index contributed by atoms with van der Waals surface area (Å²) < 4.78 is 0. The summed E-state index contributed by atoms with van der Waals surface area (Å²) in [6.45, 7) is 2.40. The molecule has 1 aliphatic heterocycles. The monoisotopic (exact) mass is 396 g/mol. The van der Waals surface area contributed by atoms with E-state index in [9.17, 15) is 4.79 Å². The zero-order valence-electron chi connectivity index (χ0n) is 14.7. The van der Waals surface area contributed by atoms with Crippen molar-refractivity contribution in [1.29, 1.82) is 0 Å². The molecule has 3 aromatic rings. The van der Waals surface area contributed by atoms with E-state index in [1.54, 1.807) is 4.90 Å². The first-order valence-corrected chi connectivity index (χ1v) is 9.46. The molecule has 0 saturated carbocycles. The summed E-state index contributed by atoms with van der Waals surface area (Å²) in [6.07, 6.45) is -0.315. The fourth-order valence-corrected chi connectivity index (χ4v) is 3.87. The van der Waals surface area contributed by atoms with E-state index in [1.165, 1.54) is 0 Å². The van der Waals surface area contributed by atoms with Crippen molar-refractivity contribution in [2.24, 2.45) is 0 Å². The Morgan fingerprint density at radius 2 is 1.70 bits per heavy atom. The Morgan fingerprint density at radius 1 is 0.963 bits per heavy atom. The summed E-state index contributed by atoms with van der Waals surface area (Å²) >= 11 is 12.8. The van der Waals surface area contributed by atoms with Crippen LogP contribution in [0.25, 0.3) is 0 Å². The number of aryl methyl sites for hydroxylation is 1. The van der Waals surface area contributed by atoms with Crippen molar-refractivity contribution < 1.29 is 4.79 Å². The van der Waals surface area contributed by atoms with Gasteiger partial charge in [0.1, 0.15) is 6.17 Å². The van der Waals surface area contributed by atoms with Gasteiger partial charge in [0, 0.05) is 22.7 Å². The molecule has 27 heavy (non-hydrogen) atoms. The van der Waals surface area contributed by atoms with Gasteiger partial charge >= 0.3 is 0 Å². The molecule has 3 nitrogen and oxygen atoms in total. The maximum absolute atomic E-state index is 13.1. The van der Waals surface area contributed by atoms with Gasteiger partial charge in [0.15, 0.2) is 0 Å². The molecule has 0 aliphatic carbocycles. The highest BCUT2D eigenvalue weighted by Gasteiger charge is 2.36.